The van der Waals surface area contributed by atoms with Crippen molar-refractivity contribution in [3.63, 3.8) is 0 Å². The number of likely N-dealkylation sites (tertiary alicyclic amines) is 1. The molecule has 80 valence electrons. The summed E-state index contributed by atoms with van der Waals surface area (Å²) in [7, 11) is 1.80. The van der Waals surface area contributed by atoms with Crippen molar-refractivity contribution >= 4 is 17.4 Å². The van der Waals surface area contributed by atoms with E-state index in [-0.39, 0.29) is 11.9 Å². The summed E-state index contributed by atoms with van der Waals surface area (Å²) in [5.41, 5.74) is 6.26. The SMILES string of the molecule is CN1CCC(Nc2cc(N)ccn2)C1=O. The molecule has 1 unspecified atom stereocenters. The van der Waals surface area contributed by atoms with Crippen molar-refractivity contribution in [3.8, 4) is 0 Å². The highest BCUT2D eigenvalue weighted by atomic mass is 16.2. The number of carbonyl (C=O) groups is 1. The number of pyridine rings is 1. The van der Waals surface area contributed by atoms with E-state index < -0.39 is 0 Å². The molecule has 1 aromatic rings. The van der Waals surface area contributed by atoms with E-state index in [4.69, 9.17) is 5.73 Å². The van der Waals surface area contributed by atoms with E-state index >= 15 is 0 Å². The number of likely N-dealkylation sites (N-methyl/N-ethyl adjacent to an activating group) is 1. The van der Waals surface area contributed by atoms with Crippen LogP contribution in [-0.2, 0) is 4.79 Å². The van der Waals surface area contributed by atoms with Gasteiger partial charge in [0.25, 0.3) is 0 Å². The second-order valence-corrected chi connectivity index (χ2v) is 3.72. The summed E-state index contributed by atoms with van der Waals surface area (Å²) < 4.78 is 0. The molecule has 3 N–H and O–H groups in total. The average Bonchev–Trinajstić information content (AvgIpc) is 2.50. The lowest BCUT2D eigenvalue weighted by Gasteiger charge is -2.12. The van der Waals surface area contributed by atoms with Crippen molar-refractivity contribution in [3.05, 3.63) is 18.3 Å². The first-order valence-electron chi connectivity index (χ1n) is 4.90. The molecule has 1 aromatic heterocycles. The molecule has 2 heterocycles. The summed E-state index contributed by atoms with van der Waals surface area (Å²) >= 11 is 0. The molecule has 1 atom stereocenters. The average molecular weight is 206 g/mol. The van der Waals surface area contributed by atoms with Gasteiger partial charge in [0.1, 0.15) is 11.9 Å². The van der Waals surface area contributed by atoms with Gasteiger partial charge in [-0.25, -0.2) is 4.98 Å². The zero-order valence-electron chi connectivity index (χ0n) is 8.60. The first-order valence-corrected chi connectivity index (χ1v) is 4.90. The number of nitrogens with zero attached hydrogens (tertiary/aromatic N) is 2. The van der Waals surface area contributed by atoms with Crippen molar-refractivity contribution in [1.82, 2.24) is 9.88 Å². The molecule has 0 bridgehead atoms. The van der Waals surface area contributed by atoms with Crippen LogP contribution in [0.5, 0.6) is 0 Å². The Balaban J connectivity index is 2.06. The number of nitrogens with one attached hydrogen (secondary N) is 1. The van der Waals surface area contributed by atoms with Crippen LogP contribution in [0, 0.1) is 0 Å². The summed E-state index contributed by atoms with van der Waals surface area (Å²) in [5, 5.41) is 3.08. The molecule has 15 heavy (non-hydrogen) atoms. The molecular formula is C10H14N4O. The quantitative estimate of drug-likeness (QED) is 0.730. The summed E-state index contributed by atoms with van der Waals surface area (Å²) in [5.74, 6) is 0.767. The van der Waals surface area contributed by atoms with Crippen molar-refractivity contribution in [1.29, 1.82) is 0 Å². The Morgan fingerprint density at radius 1 is 1.67 bits per heavy atom. The van der Waals surface area contributed by atoms with Crippen LogP contribution in [0.3, 0.4) is 0 Å². The van der Waals surface area contributed by atoms with Gasteiger partial charge in [-0.05, 0) is 12.5 Å². The number of aromatic nitrogens is 1. The van der Waals surface area contributed by atoms with E-state index in [0.717, 1.165) is 13.0 Å². The molecule has 1 fully saturated rings. The molecule has 5 heteroatoms. The number of carbonyl (C=O) groups excluding carboxylic acids is 1. The van der Waals surface area contributed by atoms with E-state index in [1.807, 2.05) is 0 Å². The second-order valence-electron chi connectivity index (χ2n) is 3.72. The maximum atomic E-state index is 11.6. The van der Waals surface area contributed by atoms with Gasteiger partial charge in [-0.3, -0.25) is 4.79 Å². The lowest BCUT2D eigenvalue weighted by molar-refractivity contribution is -0.127. The van der Waals surface area contributed by atoms with E-state index in [1.54, 1.807) is 30.3 Å². The third-order valence-electron chi connectivity index (χ3n) is 2.53. The fraction of sp³-hybridized carbons (Fsp3) is 0.400. The minimum Gasteiger partial charge on any atom is -0.399 e. The Hall–Kier alpha value is -1.78. The lowest BCUT2D eigenvalue weighted by atomic mass is 10.2. The van der Waals surface area contributed by atoms with Crippen LogP contribution in [0.15, 0.2) is 18.3 Å². The van der Waals surface area contributed by atoms with Gasteiger partial charge in [-0.2, -0.15) is 0 Å². The molecule has 1 saturated heterocycles. The zero-order chi connectivity index (χ0) is 10.8. The topological polar surface area (TPSA) is 71.2 Å². The van der Waals surface area contributed by atoms with Gasteiger partial charge in [-0.15, -0.1) is 0 Å². The molecule has 0 spiro atoms. The third-order valence-corrected chi connectivity index (χ3v) is 2.53. The molecule has 0 aliphatic carbocycles. The fourth-order valence-corrected chi connectivity index (χ4v) is 1.66. The molecule has 2 rings (SSSR count). The van der Waals surface area contributed by atoms with E-state index in [9.17, 15) is 4.79 Å². The summed E-state index contributed by atoms with van der Waals surface area (Å²) in [6, 6.07) is 3.28. The molecule has 1 aliphatic rings. The van der Waals surface area contributed by atoms with Gasteiger partial charge in [0, 0.05) is 31.5 Å². The zero-order valence-corrected chi connectivity index (χ0v) is 8.60. The van der Waals surface area contributed by atoms with Gasteiger partial charge in [0.2, 0.25) is 5.91 Å². The maximum absolute atomic E-state index is 11.6. The minimum absolute atomic E-state index is 0.110. The largest absolute Gasteiger partial charge is 0.399 e. The first kappa shape index (κ1) is 9.76. The van der Waals surface area contributed by atoms with Gasteiger partial charge in [0.05, 0.1) is 0 Å². The predicted octanol–water partition coefficient (Wildman–Crippen LogP) is 0.306. The van der Waals surface area contributed by atoms with E-state index in [2.05, 4.69) is 10.3 Å². The molecular weight excluding hydrogens is 192 g/mol. The Bertz CT molecular complexity index is 379. The number of anilines is 2. The maximum Gasteiger partial charge on any atom is 0.244 e. The van der Waals surface area contributed by atoms with Crippen LogP contribution < -0.4 is 11.1 Å². The van der Waals surface area contributed by atoms with Crippen LogP contribution in [0.1, 0.15) is 6.42 Å². The number of rotatable bonds is 2. The molecule has 1 aliphatic heterocycles. The number of nitrogen functional groups attached to an aromatic ring is 1. The number of amides is 1. The number of nitrogens with two attached hydrogens (primary N) is 1. The normalized spacial score (nSPS) is 20.7. The van der Waals surface area contributed by atoms with Crippen molar-refractivity contribution < 1.29 is 4.79 Å². The second kappa shape index (κ2) is 3.76. The summed E-state index contributed by atoms with van der Waals surface area (Å²) in [6.07, 6.45) is 2.44. The highest BCUT2D eigenvalue weighted by Crippen LogP contribution is 2.15. The monoisotopic (exact) mass is 206 g/mol. The molecule has 0 aromatic carbocycles. The standard InChI is InChI=1S/C10H14N4O/c1-14-5-3-8(10(14)15)13-9-6-7(11)2-4-12-9/h2,4,6,8H,3,5H2,1H3,(H3,11,12,13). The van der Waals surface area contributed by atoms with Crippen LogP contribution >= 0.6 is 0 Å². The summed E-state index contributed by atoms with van der Waals surface area (Å²) in [4.78, 5) is 17.4. The van der Waals surface area contributed by atoms with Crippen LogP contribution in [-0.4, -0.2) is 35.4 Å². The van der Waals surface area contributed by atoms with E-state index in [0.29, 0.717) is 11.5 Å². The van der Waals surface area contributed by atoms with Gasteiger partial charge < -0.3 is 16.0 Å². The molecule has 5 nitrogen and oxygen atoms in total. The van der Waals surface area contributed by atoms with Gasteiger partial charge in [0.15, 0.2) is 0 Å². The van der Waals surface area contributed by atoms with E-state index in [1.165, 1.54) is 0 Å². The molecule has 0 saturated carbocycles. The van der Waals surface area contributed by atoms with Crippen LogP contribution in [0.25, 0.3) is 0 Å². The number of hydrogen-bond donors (Lipinski definition) is 2. The fourth-order valence-electron chi connectivity index (χ4n) is 1.66. The Morgan fingerprint density at radius 3 is 3.07 bits per heavy atom. The Morgan fingerprint density at radius 2 is 2.47 bits per heavy atom. The lowest BCUT2D eigenvalue weighted by Crippen LogP contribution is -2.31. The Kier molecular flexibility index (Phi) is 2.45. The van der Waals surface area contributed by atoms with Crippen molar-refractivity contribution in [2.24, 2.45) is 0 Å². The van der Waals surface area contributed by atoms with Crippen molar-refractivity contribution in [2.45, 2.75) is 12.5 Å². The third kappa shape index (κ3) is 2.01. The Labute approximate surface area is 88.3 Å². The van der Waals surface area contributed by atoms with Gasteiger partial charge in [-0.1, -0.05) is 0 Å². The van der Waals surface area contributed by atoms with Crippen LogP contribution in [0.4, 0.5) is 11.5 Å². The molecule has 1 amide bonds. The molecule has 0 radical (unpaired) electrons. The minimum atomic E-state index is -0.163. The van der Waals surface area contributed by atoms with Gasteiger partial charge >= 0.3 is 0 Å². The smallest absolute Gasteiger partial charge is 0.244 e. The van der Waals surface area contributed by atoms with Crippen LogP contribution in [0.2, 0.25) is 0 Å². The highest BCUT2D eigenvalue weighted by Gasteiger charge is 2.28. The highest BCUT2D eigenvalue weighted by molar-refractivity contribution is 5.86. The number of hydrogen-bond acceptors (Lipinski definition) is 4. The predicted molar refractivity (Wildman–Crippen MR) is 58.3 cm³/mol. The first-order chi connectivity index (χ1) is 7.16. The summed E-state index contributed by atoms with van der Waals surface area (Å²) in [6.45, 7) is 0.790. The van der Waals surface area contributed by atoms with Crippen molar-refractivity contribution in [2.75, 3.05) is 24.6 Å².